The summed E-state index contributed by atoms with van der Waals surface area (Å²) < 4.78 is 0. The molecule has 1 unspecified atom stereocenters. The van der Waals surface area contributed by atoms with Gasteiger partial charge in [-0.25, -0.2) is 0 Å². The van der Waals surface area contributed by atoms with Gasteiger partial charge in [-0.3, -0.25) is 0 Å². The molecule has 0 saturated heterocycles. The molecule has 0 fully saturated rings. The number of aliphatic hydroxyl groups is 1. The Bertz CT molecular complexity index is 1240. The maximum Gasteiger partial charge on any atom is 0.0583 e. The Balaban J connectivity index is 1.88. The maximum atomic E-state index is 9.95. The van der Waals surface area contributed by atoms with E-state index in [0.717, 1.165) is 18.8 Å². The lowest BCUT2D eigenvalue weighted by molar-refractivity contribution is 0.143. The molecule has 1 heteroatoms. The minimum absolute atomic E-state index is 0.189. The average molecular weight is 553 g/mol. The van der Waals surface area contributed by atoms with Crippen LogP contribution in [0.4, 0.5) is 0 Å². The van der Waals surface area contributed by atoms with E-state index in [1.54, 1.807) is 0 Å². The van der Waals surface area contributed by atoms with Crippen molar-refractivity contribution in [3.05, 3.63) is 130 Å². The molecule has 2 aliphatic carbocycles. The normalized spacial score (nSPS) is 25.9. The van der Waals surface area contributed by atoms with Gasteiger partial charge in [0.15, 0.2) is 0 Å². The molecule has 0 aliphatic heterocycles. The fraction of sp³-hybridized carbons (Fsp3) is 0.450. The van der Waals surface area contributed by atoms with Crippen LogP contribution < -0.4 is 0 Å². The molecule has 0 saturated carbocycles. The van der Waals surface area contributed by atoms with Gasteiger partial charge in [-0.1, -0.05) is 146 Å². The van der Waals surface area contributed by atoms with Crippen LogP contribution in [0, 0.1) is 17.3 Å². The van der Waals surface area contributed by atoms with Gasteiger partial charge in [0.2, 0.25) is 0 Å². The molecule has 222 valence electrons. The van der Waals surface area contributed by atoms with Gasteiger partial charge in [-0.15, -0.1) is 0 Å². The second-order valence-electron chi connectivity index (χ2n) is 13.2. The van der Waals surface area contributed by atoms with Gasteiger partial charge in [-0.2, -0.15) is 0 Å². The summed E-state index contributed by atoms with van der Waals surface area (Å²) in [6.07, 6.45) is 34.3. The van der Waals surface area contributed by atoms with Gasteiger partial charge < -0.3 is 5.11 Å². The van der Waals surface area contributed by atoms with Gasteiger partial charge in [0.1, 0.15) is 0 Å². The maximum absolute atomic E-state index is 9.95. The van der Waals surface area contributed by atoms with Crippen LogP contribution in [0.3, 0.4) is 0 Å². The SMILES string of the molecule is CC1=C(/C=C/C(C)=C/C=C/C(C)=C/C=C/C=C(C)/C=C/C=C(C)/C=C/C2=C(C)C[C@@H](C)CC2(C)C)C(C)C[C@H](O)C1. The number of aliphatic hydroxyl groups excluding tert-OH is 1. The standard InChI is InChI=1S/C40H56O/c1-29(17-13-19-31(3)21-23-38-34(6)26-37(41)27-35(38)7)15-11-12-16-30(2)18-14-20-32(4)22-24-39-36(8)25-33(5)28-40(39,9)10/h11-24,33-34,37,41H,25-28H2,1-10H3/b12-11+,17-13+,18-14+,23-21+,24-22+,29-15+,30-16+,31-19+,32-20+/t33-,34?,37+/m1/s1. The van der Waals surface area contributed by atoms with Crippen molar-refractivity contribution in [2.45, 2.75) is 101 Å². The van der Waals surface area contributed by atoms with E-state index in [-0.39, 0.29) is 11.5 Å². The second kappa shape index (κ2) is 16.5. The molecular formula is C40H56O. The van der Waals surface area contributed by atoms with Crippen LogP contribution in [0.25, 0.3) is 0 Å². The highest BCUT2D eigenvalue weighted by atomic mass is 16.3. The first-order valence-corrected chi connectivity index (χ1v) is 15.4. The van der Waals surface area contributed by atoms with E-state index >= 15 is 0 Å². The molecule has 0 spiro atoms. The predicted octanol–water partition coefficient (Wildman–Crippen LogP) is 11.4. The van der Waals surface area contributed by atoms with Crippen molar-refractivity contribution >= 4 is 0 Å². The van der Waals surface area contributed by atoms with Crippen molar-refractivity contribution in [1.29, 1.82) is 0 Å². The highest BCUT2D eigenvalue weighted by molar-refractivity contribution is 5.38. The number of hydrogen-bond acceptors (Lipinski definition) is 1. The zero-order valence-corrected chi connectivity index (χ0v) is 27.6. The first-order valence-electron chi connectivity index (χ1n) is 15.4. The zero-order chi connectivity index (χ0) is 30.6. The molecule has 0 amide bonds. The Kier molecular flexibility index (Phi) is 13.8. The summed E-state index contributed by atoms with van der Waals surface area (Å²) in [6, 6.07) is 0. The number of hydrogen-bond donors (Lipinski definition) is 1. The third-order valence-electron chi connectivity index (χ3n) is 8.20. The van der Waals surface area contributed by atoms with Crippen molar-refractivity contribution < 1.29 is 5.11 Å². The van der Waals surface area contributed by atoms with Crippen LogP contribution in [-0.2, 0) is 0 Å². The third-order valence-corrected chi connectivity index (χ3v) is 8.20. The Hall–Kier alpha value is -2.90. The first-order chi connectivity index (χ1) is 19.3. The van der Waals surface area contributed by atoms with E-state index < -0.39 is 0 Å². The van der Waals surface area contributed by atoms with E-state index in [0.29, 0.717) is 5.92 Å². The summed E-state index contributed by atoms with van der Waals surface area (Å²) in [6.45, 7) is 22.3. The van der Waals surface area contributed by atoms with Crippen molar-refractivity contribution in [1.82, 2.24) is 0 Å². The minimum atomic E-state index is -0.189. The summed E-state index contributed by atoms with van der Waals surface area (Å²) >= 11 is 0. The Morgan fingerprint density at radius 1 is 0.683 bits per heavy atom. The van der Waals surface area contributed by atoms with Gasteiger partial charge >= 0.3 is 0 Å². The fourth-order valence-corrected chi connectivity index (χ4v) is 6.22. The largest absolute Gasteiger partial charge is 0.393 e. The lowest BCUT2D eigenvalue weighted by Crippen LogP contribution is -2.23. The molecular weight excluding hydrogens is 496 g/mol. The lowest BCUT2D eigenvalue weighted by Gasteiger charge is -2.36. The summed E-state index contributed by atoms with van der Waals surface area (Å²) in [7, 11) is 0. The van der Waals surface area contributed by atoms with Crippen LogP contribution in [0.15, 0.2) is 130 Å². The molecule has 0 radical (unpaired) electrons. The van der Waals surface area contributed by atoms with Crippen molar-refractivity contribution in [2.24, 2.45) is 17.3 Å². The molecule has 1 N–H and O–H groups in total. The van der Waals surface area contributed by atoms with Gasteiger partial charge in [-0.05, 0) is 95.6 Å². The summed E-state index contributed by atoms with van der Waals surface area (Å²) in [5, 5.41) is 9.95. The Morgan fingerprint density at radius 3 is 1.68 bits per heavy atom. The third kappa shape index (κ3) is 12.2. The highest BCUT2D eigenvalue weighted by Gasteiger charge is 2.30. The fourth-order valence-electron chi connectivity index (χ4n) is 6.22. The van der Waals surface area contributed by atoms with Gasteiger partial charge in [0.05, 0.1) is 6.10 Å². The molecule has 2 rings (SSSR count). The summed E-state index contributed by atoms with van der Waals surface area (Å²) in [5.74, 6) is 1.19. The monoisotopic (exact) mass is 552 g/mol. The van der Waals surface area contributed by atoms with Crippen molar-refractivity contribution in [3.63, 3.8) is 0 Å². The smallest absolute Gasteiger partial charge is 0.0583 e. The average Bonchev–Trinajstić information content (AvgIpc) is 2.84. The molecule has 0 aromatic heterocycles. The van der Waals surface area contributed by atoms with Gasteiger partial charge in [0, 0.05) is 0 Å². The molecule has 1 nitrogen and oxygen atoms in total. The Morgan fingerprint density at radius 2 is 1.17 bits per heavy atom. The minimum Gasteiger partial charge on any atom is -0.393 e. The topological polar surface area (TPSA) is 20.2 Å². The van der Waals surface area contributed by atoms with Crippen LogP contribution in [0.2, 0.25) is 0 Å². The molecule has 0 heterocycles. The van der Waals surface area contributed by atoms with Crippen molar-refractivity contribution in [2.75, 3.05) is 0 Å². The zero-order valence-electron chi connectivity index (χ0n) is 27.6. The van der Waals surface area contributed by atoms with E-state index in [1.807, 2.05) is 0 Å². The van der Waals surface area contributed by atoms with E-state index in [1.165, 1.54) is 57.4 Å². The van der Waals surface area contributed by atoms with Gasteiger partial charge in [0.25, 0.3) is 0 Å². The summed E-state index contributed by atoms with van der Waals surface area (Å²) in [4.78, 5) is 0. The lowest BCUT2D eigenvalue weighted by atomic mass is 9.69. The predicted molar refractivity (Wildman–Crippen MR) is 183 cm³/mol. The van der Waals surface area contributed by atoms with E-state index in [9.17, 15) is 5.11 Å². The highest BCUT2D eigenvalue weighted by Crippen LogP contribution is 2.43. The molecule has 0 bridgehead atoms. The number of rotatable bonds is 10. The second-order valence-corrected chi connectivity index (χ2v) is 13.2. The molecule has 41 heavy (non-hydrogen) atoms. The number of allylic oxidation sites excluding steroid dienone is 21. The first kappa shape index (κ1) is 34.3. The quantitative estimate of drug-likeness (QED) is 0.267. The molecule has 0 aromatic carbocycles. The van der Waals surface area contributed by atoms with E-state index in [4.69, 9.17) is 0 Å². The van der Waals surface area contributed by atoms with E-state index in [2.05, 4.69) is 154 Å². The molecule has 2 aliphatic rings. The summed E-state index contributed by atoms with van der Waals surface area (Å²) in [5.41, 5.74) is 10.9. The van der Waals surface area contributed by atoms with Crippen molar-refractivity contribution in [3.8, 4) is 0 Å². The molecule has 3 atom stereocenters. The van der Waals surface area contributed by atoms with Crippen LogP contribution in [-0.4, -0.2) is 11.2 Å². The van der Waals surface area contributed by atoms with Crippen LogP contribution >= 0.6 is 0 Å². The molecule has 0 aromatic rings. The Labute approximate surface area is 252 Å². The van der Waals surface area contributed by atoms with Crippen LogP contribution in [0.5, 0.6) is 0 Å². The van der Waals surface area contributed by atoms with Crippen LogP contribution in [0.1, 0.15) is 94.9 Å².